The fraction of sp³-hybridized carbons (Fsp3) is 0.250. The van der Waals surface area contributed by atoms with Gasteiger partial charge in [-0.05, 0) is 46.6 Å². The van der Waals surface area contributed by atoms with Gasteiger partial charge in [-0.25, -0.2) is 0 Å². The lowest BCUT2D eigenvalue weighted by atomic mass is 9.99. The highest BCUT2D eigenvalue weighted by Gasteiger charge is 2.47. The zero-order valence-electron chi connectivity index (χ0n) is 25.5. The average molecular weight is 922 g/mol. The van der Waals surface area contributed by atoms with Gasteiger partial charge in [0, 0.05) is 10.4 Å². The Morgan fingerprint density at radius 2 is 0.625 bits per heavy atom. The van der Waals surface area contributed by atoms with E-state index >= 15 is 0 Å². The molecule has 3 aromatic rings. The molecule has 16 heteroatoms. The number of benzene rings is 3. The second kappa shape index (κ2) is 15.5. The predicted octanol–water partition coefficient (Wildman–Crippen LogP) is 14.3. The Hall–Kier alpha value is 2.48. The Kier molecular flexibility index (Phi) is 11.7. The number of rotatable bonds is 4. The van der Waals surface area contributed by atoms with Gasteiger partial charge in [0.2, 0.25) is 0 Å². The molecular formula is C32H24S16. The van der Waals surface area contributed by atoms with Gasteiger partial charge in [0.1, 0.15) is 0 Å². The van der Waals surface area contributed by atoms with Crippen molar-refractivity contribution in [1.29, 1.82) is 0 Å². The molecule has 0 spiro atoms. The molecule has 4 saturated heterocycles. The molecule has 6 aliphatic heterocycles. The molecular weight excluding hydrogens is 897 g/mol. The molecule has 4 atom stereocenters. The first-order valence-corrected chi connectivity index (χ1v) is 29.6. The van der Waals surface area contributed by atoms with E-state index in [1.54, 1.807) is 12.7 Å². The first kappa shape index (κ1) is 36.1. The zero-order valence-corrected chi connectivity index (χ0v) is 38.5. The van der Waals surface area contributed by atoms with Crippen molar-refractivity contribution >= 4 is 218 Å². The lowest BCUT2D eigenvalue weighted by Crippen LogP contribution is -2.16. The molecule has 248 valence electrons. The summed E-state index contributed by atoms with van der Waals surface area (Å²) in [4.78, 5) is 0. The van der Waals surface area contributed by atoms with Crippen molar-refractivity contribution in [2.45, 2.75) is 18.3 Å². The molecule has 0 radical (unpaired) electrons. The Labute approximate surface area is 349 Å². The summed E-state index contributed by atoms with van der Waals surface area (Å²) in [6.45, 7) is 0. The van der Waals surface area contributed by atoms with Crippen molar-refractivity contribution in [3.63, 3.8) is 0 Å². The normalized spacial score (nSPS) is 27.3. The summed E-state index contributed by atoms with van der Waals surface area (Å²) in [5, 5.41) is 8.40. The van der Waals surface area contributed by atoms with Crippen molar-refractivity contribution in [2.24, 2.45) is 0 Å². The molecule has 0 amide bonds. The second-order valence-electron chi connectivity index (χ2n) is 10.4. The van der Waals surface area contributed by atoms with E-state index in [-0.39, 0.29) is 0 Å². The van der Waals surface area contributed by atoms with Gasteiger partial charge in [-0.2, -0.15) is 0 Å². The molecule has 4 unspecified atom stereocenters. The van der Waals surface area contributed by atoms with Crippen molar-refractivity contribution in [3.05, 3.63) is 92.9 Å². The van der Waals surface area contributed by atoms with Crippen LogP contribution in [0.4, 0.5) is 0 Å². The van der Waals surface area contributed by atoms with Gasteiger partial charge < -0.3 is 0 Å². The van der Waals surface area contributed by atoms with Crippen LogP contribution >= 0.6 is 188 Å². The van der Waals surface area contributed by atoms with Gasteiger partial charge in [0.25, 0.3) is 0 Å². The highest BCUT2D eigenvalue weighted by Crippen LogP contribution is 2.73. The third-order valence-electron chi connectivity index (χ3n) is 7.72. The molecule has 4 fully saturated rings. The van der Waals surface area contributed by atoms with Crippen LogP contribution < -0.4 is 10.4 Å². The summed E-state index contributed by atoms with van der Waals surface area (Å²) in [6.07, 6.45) is 8.83. The predicted molar refractivity (Wildman–Crippen MR) is 256 cm³/mol. The first-order chi connectivity index (χ1) is 23.6. The first-order valence-electron chi connectivity index (χ1n) is 14.4. The molecule has 6 heterocycles. The van der Waals surface area contributed by atoms with Gasteiger partial charge in [-0.15, -0.1) is 141 Å². The van der Waals surface area contributed by atoms with Crippen LogP contribution in [0.2, 0.25) is 0 Å². The quantitative estimate of drug-likeness (QED) is 0.228. The molecule has 0 saturated carbocycles. The zero-order chi connectivity index (χ0) is 32.5. The lowest BCUT2D eigenvalue weighted by molar-refractivity contribution is 1.41. The summed E-state index contributed by atoms with van der Waals surface area (Å²) in [5.74, 6) is 0. The molecule has 48 heavy (non-hydrogen) atoms. The summed E-state index contributed by atoms with van der Waals surface area (Å²) in [6, 6.07) is 18.3. The minimum atomic E-state index is 0.550. The van der Waals surface area contributed by atoms with E-state index < -0.39 is 0 Å². The van der Waals surface area contributed by atoms with E-state index in [2.05, 4.69) is 168 Å². The minimum Gasteiger partial charge on any atom is -0.121 e. The number of thioether (sulfide) groups is 16. The average Bonchev–Trinajstić information content (AvgIpc) is 3.95. The Bertz CT molecular complexity index is 2000. The number of fused-ring (bicyclic) bond motifs is 4. The Balaban J connectivity index is 1.01. The highest BCUT2D eigenvalue weighted by molar-refractivity contribution is 8.50. The van der Waals surface area contributed by atoms with Gasteiger partial charge >= 0.3 is 0 Å². The van der Waals surface area contributed by atoms with Crippen molar-refractivity contribution < 1.29 is 0 Å². The van der Waals surface area contributed by atoms with Gasteiger partial charge in [0.05, 0.1) is 60.7 Å². The molecule has 0 aliphatic carbocycles. The van der Waals surface area contributed by atoms with Crippen LogP contribution in [0.1, 0.15) is 0 Å². The highest BCUT2D eigenvalue weighted by atomic mass is 32.3. The summed E-state index contributed by atoms with van der Waals surface area (Å²) in [7, 11) is 0. The summed E-state index contributed by atoms with van der Waals surface area (Å²) < 4.78 is 17.3. The maximum Gasteiger partial charge on any atom is 0.0825 e. The van der Waals surface area contributed by atoms with Crippen molar-refractivity contribution in [3.8, 4) is 0 Å². The van der Waals surface area contributed by atoms with Gasteiger partial charge in [-0.1, -0.05) is 95.6 Å². The molecule has 0 N–H and O–H groups in total. The van der Waals surface area contributed by atoms with Crippen molar-refractivity contribution in [1.82, 2.24) is 0 Å². The Morgan fingerprint density at radius 1 is 0.354 bits per heavy atom. The molecule has 0 aromatic heterocycles. The maximum absolute atomic E-state index is 2.37. The van der Waals surface area contributed by atoms with E-state index in [1.165, 1.54) is 61.6 Å². The minimum absolute atomic E-state index is 0.550. The summed E-state index contributed by atoms with van der Waals surface area (Å²) >= 11 is 32.5. The van der Waals surface area contributed by atoms with Crippen LogP contribution in [0.3, 0.4) is 0 Å². The SMILES string of the molecule is CSC1=C(SC)SC(=C2SC3SC(=C4SC5SC(=c6c7ccccc7c(=C7SC(SC)=C(SC)S7)c7ccccc67)SC5S4)SC3S2)S1. The van der Waals surface area contributed by atoms with Crippen LogP contribution in [-0.4, -0.2) is 43.4 Å². The smallest absolute Gasteiger partial charge is 0.0825 e. The molecule has 9 rings (SSSR count). The maximum atomic E-state index is 2.37. The topological polar surface area (TPSA) is 0 Å². The van der Waals surface area contributed by atoms with Crippen LogP contribution in [0.25, 0.3) is 30.0 Å². The Morgan fingerprint density at radius 3 is 0.958 bits per heavy atom. The van der Waals surface area contributed by atoms with Crippen LogP contribution in [0, 0.1) is 0 Å². The standard InChI is InChI=1S/C32H24S16/c1-33-21-22(34-2)38-19(37-21)17-13-9-5-7-11-15(13)18(16-12-8-6-10-14(16)17)20-39-25-26(40-20)44-29(43-25)30-47-31-32(48-30)46-28(45-31)27-41-23(35-3)24(36-4)42-27/h5-12,25-26,31-32H,1-4H3. The largest absolute Gasteiger partial charge is 0.121 e. The third-order valence-corrected chi connectivity index (χ3v) is 32.6. The van der Waals surface area contributed by atoms with E-state index in [0.29, 0.717) is 18.3 Å². The number of hydrogen-bond donors (Lipinski definition) is 0. The van der Waals surface area contributed by atoms with Gasteiger partial charge in [-0.3, -0.25) is 0 Å². The fourth-order valence-electron chi connectivity index (χ4n) is 5.70. The van der Waals surface area contributed by atoms with E-state index in [0.717, 1.165) is 0 Å². The van der Waals surface area contributed by atoms with E-state index in [4.69, 9.17) is 0 Å². The van der Waals surface area contributed by atoms with E-state index in [9.17, 15) is 0 Å². The number of hydrogen-bond acceptors (Lipinski definition) is 16. The molecule has 3 aromatic carbocycles. The molecule has 6 aliphatic rings. The van der Waals surface area contributed by atoms with Crippen LogP contribution in [0.5, 0.6) is 0 Å². The second-order valence-corrected chi connectivity index (χ2v) is 30.7. The monoisotopic (exact) mass is 920 g/mol. The van der Waals surface area contributed by atoms with Crippen LogP contribution in [-0.2, 0) is 0 Å². The van der Waals surface area contributed by atoms with E-state index in [1.807, 2.05) is 94.1 Å². The molecule has 0 bridgehead atoms. The third kappa shape index (κ3) is 6.62. The summed E-state index contributed by atoms with van der Waals surface area (Å²) in [5.41, 5.74) is 0. The molecule has 0 nitrogen and oxygen atoms in total. The van der Waals surface area contributed by atoms with Gasteiger partial charge in [0.15, 0.2) is 0 Å². The fourth-order valence-corrected chi connectivity index (χ4v) is 32.1. The lowest BCUT2D eigenvalue weighted by Gasteiger charge is -2.12. The van der Waals surface area contributed by atoms with Crippen molar-refractivity contribution in [2.75, 3.05) is 25.0 Å². The van der Waals surface area contributed by atoms with Crippen LogP contribution in [0.15, 0.2) is 82.4 Å².